The summed E-state index contributed by atoms with van der Waals surface area (Å²) in [5.74, 6) is 0. The highest BCUT2D eigenvalue weighted by atomic mass is 31.2. The SMILES string of the molecule is CCCCC(CCCCCC(CC)[P+](=O)OCC)P(=O)(OCC)OCC. The van der Waals surface area contributed by atoms with Gasteiger partial charge in [-0.3, -0.25) is 4.57 Å². The number of hydrogen-bond acceptors (Lipinski definition) is 5. The van der Waals surface area contributed by atoms with Crippen LogP contribution in [0.2, 0.25) is 0 Å². The molecule has 0 aliphatic heterocycles. The summed E-state index contributed by atoms with van der Waals surface area (Å²) in [6.45, 7) is 11.2. The number of hydrogen-bond donors (Lipinski definition) is 0. The summed E-state index contributed by atoms with van der Waals surface area (Å²) < 4.78 is 41.5. The fourth-order valence-corrected chi connectivity index (χ4v) is 6.51. The highest BCUT2D eigenvalue weighted by Crippen LogP contribution is 2.56. The Morgan fingerprint density at radius 2 is 1.38 bits per heavy atom. The molecule has 0 amide bonds. The normalized spacial score (nSPS) is 15.0. The summed E-state index contributed by atoms with van der Waals surface area (Å²) in [6, 6.07) is 0. The van der Waals surface area contributed by atoms with Crippen LogP contribution in [0.5, 0.6) is 0 Å². The van der Waals surface area contributed by atoms with Crippen molar-refractivity contribution >= 4 is 15.6 Å². The van der Waals surface area contributed by atoms with Crippen LogP contribution in [0, 0.1) is 0 Å². The van der Waals surface area contributed by atoms with Crippen molar-refractivity contribution in [2.75, 3.05) is 19.8 Å². The first-order chi connectivity index (χ1) is 12.5. The van der Waals surface area contributed by atoms with Gasteiger partial charge in [0.15, 0.2) is 5.66 Å². The van der Waals surface area contributed by atoms with E-state index in [1.165, 1.54) is 0 Å². The van der Waals surface area contributed by atoms with Crippen molar-refractivity contribution in [3.8, 4) is 0 Å². The molecule has 0 aliphatic carbocycles. The second-order valence-electron chi connectivity index (χ2n) is 6.57. The standard InChI is InChI=1S/C19H41O5P2/c1-6-11-16-19(26(21,23-9-4)24-10-5)17-14-12-13-15-18(7-2)25(20)22-8-3/h18-19H,6-17H2,1-5H3/q+1. The molecule has 0 aromatic rings. The fraction of sp³-hybridized carbons (Fsp3) is 1.00. The molecule has 0 aromatic carbocycles. The molecule has 5 nitrogen and oxygen atoms in total. The Morgan fingerprint density at radius 1 is 0.808 bits per heavy atom. The van der Waals surface area contributed by atoms with Gasteiger partial charge in [0.1, 0.15) is 0 Å². The number of unbranched alkanes of at least 4 members (excludes halogenated alkanes) is 3. The molecule has 0 saturated heterocycles. The topological polar surface area (TPSA) is 61.8 Å². The average molecular weight is 411 g/mol. The Labute approximate surface area is 162 Å². The van der Waals surface area contributed by atoms with Gasteiger partial charge in [0, 0.05) is 0 Å². The van der Waals surface area contributed by atoms with Crippen LogP contribution in [0.4, 0.5) is 0 Å². The third-order valence-corrected chi connectivity index (χ3v) is 8.94. The molecule has 0 bridgehead atoms. The van der Waals surface area contributed by atoms with Crippen molar-refractivity contribution in [1.82, 2.24) is 0 Å². The van der Waals surface area contributed by atoms with Crippen LogP contribution in [-0.4, -0.2) is 31.1 Å². The highest BCUT2D eigenvalue weighted by molar-refractivity contribution is 7.54. The van der Waals surface area contributed by atoms with E-state index < -0.39 is 15.6 Å². The Bertz CT molecular complexity index is 393. The van der Waals surface area contributed by atoms with Crippen LogP contribution in [0.15, 0.2) is 0 Å². The lowest BCUT2D eigenvalue weighted by molar-refractivity contribution is 0.208. The fourth-order valence-electron chi connectivity index (χ4n) is 3.14. The zero-order chi connectivity index (χ0) is 19.8. The summed E-state index contributed by atoms with van der Waals surface area (Å²) in [5.41, 5.74) is 0.142. The predicted octanol–water partition coefficient (Wildman–Crippen LogP) is 7.32. The smallest absolute Gasteiger partial charge is 0.309 e. The maximum atomic E-state index is 13.1. The second-order valence-corrected chi connectivity index (χ2v) is 10.5. The van der Waals surface area contributed by atoms with Crippen molar-refractivity contribution in [3.63, 3.8) is 0 Å². The molecule has 0 aliphatic rings. The van der Waals surface area contributed by atoms with Gasteiger partial charge in [-0.25, -0.2) is 0 Å². The molecule has 0 radical (unpaired) electrons. The quantitative estimate of drug-likeness (QED) is 0.175. The van der Waals surface area contributed by atoms with Gasteiger partial charge in [-0.05, 0) is 57.4 Å². The van der Waals surface area contributed by atoms with Gasteiger partial charge < -0.3 is 9.05 Å². The van der Waals surface area contributed by atoms with Crippen LogP contribution >= 0.6 is 15.6 Å². The summed E-state index contributed by atoms with van der Waals surface area (Å²) in [7, 11) is -4.57. The minimum absolute atomic E-state index is 0.00983. The summed E-state index contributed by atoms with van der Waals surface area (Å²) in [6.07, 6.45) is 8.78. The molecule has 0 N–H and O–H groups in total. The van der Waals surface area contributed by atoms with Crippen LogP contribution in [0.3, 0.4) is 0 Å². The van der Waals surface area contributed by atoms with Crippen LogP contribution in [0.1, 0.15) is 92.4 Å². The van der Waals surface area contributed by atoms with E-state index in [1.807, 2.05) is 20.8 Å². The molecule has 3 unspecified atom stereocenters. The van der Waals surface area contributed by atoms with Crippen molar-refractivity contribution in [2.24, 2.45) is 0 Å². The maximum Gasteiger partial charge on any atom is 0.511 e. The Hall–Kier alpha value is 0.210. The van der Waals surface area contributed by atoms with E-state index in [0.29, 0.717) is 19.8 Å². The summed E-state index contributed by atoms with van der Waals surface area (Å²) >= 11 is 0. The van der Waals surface area contributed by atoms with Gasteiger partial charge >= 0.3 is 15.6 Å². The highest BCUT2D eigenvalue weighted by Gasteiger charge is 2.34. The third kappa shape index (κ3) is 10.5. The van der Waals surface area contributed by atoms with Gasteiger partial charge in [-0.15, -0.1) is 4.52 Å². The Balaban J connectivity index is 4.48. The van der Waals surface area contributed by atoms with Gasteiger partial charge in [0.25, 0.3) is 0 Å². The van der Waals surface area contributed by atoms with E-state index in [2.05, 4.69) is 13.8 Å². The summed E-state index contributed by atoms with van der Waals surface area (Å²) in [5, 5.41) is 0. The lowest BCUT2D eigenvalue weighted by Gasteiger charge is -2.26. The van der Waals surface area contributed by atoms with Crippen molar-refractivity contribution in [1.29, 1.82) is 0 Å². The first-order valence-corrected chi connectivity index (χ1v) is 13.3. The zero-order valence-electron chi connectivity index (χ0n) is 17.6. The van der Waals surface area contributed by atoms with Gasteiger partial charge in [0.05, 0.1) is 25.5 Å². The van der Waals surface area contributed by atoms with Crippen molar-refractivity contribution in [2.45, 2.75) is 104 Å². The molecule has 0 aromatic heterocycles. The third-order valence-electron chi connectivity index (χ3n) is 4.56. The first-order valence-electron chi connectivity index (χ1n) is 10.5. The van der Waals surface area contributed by atoms with E-state index in [9.17, 15) is 9.13 Å². The summed E-state index contributed by atoms with van der Waals surface area (Å²) in [4.78, 5) is 0. The number of rotatable bonds is 18. The van der Waals surface area contributed by atoms with Crippen molar-refractivity contribution in [3.05, 3.63) is 0 Å². The minimum atomic E-state index is -3.02. The molecule has 0 spiro atoms. The van der Waals surface area contributed by atoms with E-state index in [0.717, 1.165) is 57.8 Å². The van der Waals surface area contributed by atoms with Crippen LogP contribution < -0.4 is 0 Å². The van der Waals surface area contributed by atoms with E-state index >= 15 is 0 Å². The van der Waals surface area contributed by atoms with E-state index in [4.69, 9.17) is 13.6 Å². The monoisotopic (exact) mass is 411 g/mol. The average Bonchev–Trinajstić information content (AvgIpc) is 2.61. The maximum absolute atomic E-state index is 13.1. The molecular weight excluding hydrogens is 370 g/mol. The largest absolute Gasteiger partial charge is 0.511 e. The van der Waals surface area contributed by atoms with Gasteiger partial charge in [-0.1, -0.05) is 39.5 Å². The Kier molecular flexibility index (Phi) is 16.3. The van der Waals surface area contributed by atoms with Crippen LogP contribution in [-0.2, 0) is 22.7 Å². The molecule has 7 heteroatoms. The van der Waals surface area contributed by atoms with E-state index in [-0.39, 0.29) is 11.3 Å². The second kappa shape index (κ2) is 16.2. The molecule has 0 fully saturated rings. The van der Waals surface area contributed by atoms with E-state index in [1.54, 1.807) is 0 Å². The van der Waals surface area contributed by atoms with Gasteiger partial charge in [0.2, 0.25) is 0 Å². The molecule has 26 heavy (non-hydrogen) atoms. The molecular formula is C19H41O5P2+. The minimum Gasteiger partial charge on any atom is -0.309 e. The predicted molar refractivity (Wildman–Crippen MR) is 111 cm³/mol. The lowest BCUT2D eigenvalue weighted by atomic mass is 10.1. The van der Waals surface area contributed by atoms with Crippen LogP contribution in [0.25, 0.3) is 0 Å². The molecule has 3 atom stereocenters. The first kappa shape index (κ1) is 26.2. The molecule has 0 rings (SSSR count). The Morgan fingerprint density at radius 3 is 1.88 bits per heavy atom. The zero-order valence-corrected chi connectivity index (χ0v) is 19.4. The molecule has 0 saturated carbocycles. The molecule has 156 valence electrons. The lowest BCUT2D eigenvalue weighted by Crippen LogP contribution is -2.14. The molecule has 0 heterocycles. The van der Waals surface area contributed by atoms with Gasteiger partial charge in [-0.2, -0.15) is 0 Å². The van der Waals surface area contributed by atoms with Crippen molar-refractivity contribution < 1.29 is 22.7 Å².